The van der Waals surface area contributed by atoms with Crippen molar-refractivity contribution in [3.05, 3.63) is 71.2 Å². The van der Waals surface area contributed by atoms with E-state index in [1.165, 1.54) is 21.3 Å². The van der Waals surface area contributed by atoms with Gasteiger partial charge < -0.3 is 4.43 Å². The van der Waals surface area contributed by atoms with E-state index in [4.69, 9.17) is 4.43 Å². The fourth-order valence-corrected chi connectivity index (χ4v) is 9.08. The Bertz CT molecular complexity index is 679. The molecule has 0 saturated carbocycles. The molecule has 0 radical (unpaired) electrons. The average molecular weight is 415 g/mol. The van der Waals surface area contributed by atoms with E-state index in [1.54, 1.807) is 0 Å². The van der Waals surface area contributed by atoms with E-state index < -0.39 is 8.32 Å². The highest BCUT2D eigenvalue weighted by atomic mass is 79.9. The summed E-state index contributed by atoms with van der Waals surface area (Å²) in [5, 5.41) is 2.74. The lowest BCUT2D eigenvalue weighted by atomic mass is 10.1. The van der Waals surface area contributed by atoms with E-state index in [-0.39, 0.29) is 11.1 Å². The molecule has 3 rings (SSSR count). The zero-order valence-corrected chi connectivity index (χ0v) is 17.9. The average Bonchev–Trinajstić information content (AvgIpc) is 2.60. The van der Waals surface area contributed by atoms with Crippen LogP contribution < -0.4 is 10.4 Å². The smallest absolute Gasteiger partial charge is 0.261 e. The molecule has 1 aliphatic carbocycles. The van der Waals surface area contributed by atoms with Crippen LogP contribution >= 0.6 is 15.9 Å². The van der Waals surface area contributed by atoms with Gasteiger partial charge >= 0.3 is 0 Å². The number of hydrogen-bond acceptors (Lipinski definition) is 1. The number of benzene rings is 2. The largest absolute Gasteiger partial charge is 0.401 e. The predicted molar refractivity (Wildman–Crippen MR) is 113 cm³/mol. The maximum absolute atomic E-state index is 7.12. The van der Waals surface area contributed by atoms with Gasteiger partial charge in [0, 0.05) is 0 Å². The Morgan fingerprint density at radius 3 is 1.88 bits per heavy atom. The minimum atomic E-state index is -2.43. The van der Waals surface area contributed by atoms with Gasteiger partial charge in [0.15, 0.2) is 0 Å². The van der Waals surface area contributed by atoms with E-state index in [1.807, 2.05) is 0 Å². The van der Waals surface area contributed by atoms with Gasteiger partial charge in [-0.25, -0.2) is 0 Å². The topological polar surface area (TPSA) is 9.23 Å². The molecule has 0 aliphatic heterocycles. The Balaban J connectivity index is 2.17. The van der Waals surface area contributed by atoms with Crippen molar-refractivity contribution in [3.8, 4) is 0 Å². The first kappa shape index (κ1) is 18.6. The third kappa shape index (κ3) is 3.84. The van der Waals surface area contributed by atoms with Crippen molar-refractivity contribution in [1.82, 2.24) is 0 Å². The van der Waals surface area contributed by atoms with Crippen LogP contribution in [0.4, 0.5) is 0 Å². The molecule has 0 aromatic heterocycles. The second-order valence-corrected chi connectivity index (χ2v) is 13.1. The van der Waals surface area contributed by atoms with Crippen LogP contribution in [0, 0.1) is 0 Å². The maximum Gasteiger partial charge on any atom is 0.261 e. The van der Waals surface area contributed by atoms with Crippen molar-refractivity contribution in [3.63, 3.8) is 0 Å². The molecule has 3 heteroatoms. The van der Waals surface area contributed by atoms with Crippen molar-refractivity contribution < 1.29 is 4.43 Å². The van der Waals surface area contributed by atoms with Crippen LogP contribution in [-0.4, -0.2) is 14.4 Å². The van der Waals surface area contributed by atoms with Gasteiger partial charge in [0.1, 0.15) is 0 Å². The van der Waals surface area contributed by atoms with E-state index in [0.29, 0.717) is 0 Å². The summed E-state index contributed by atoms with van der Waals surface area (Å²) in [7, 11) is -2.43. The standard InChI is InChI=1S/C22H27BrOSi/c1-22(2,3)25(20-13-6-4-7-14-20,21-15-8-5-9-16-21)24-19-12-10-11-18(23)17-19/h4-9,13-17,19H,10-12H2,1-3H3. The molecule has 0 saturated heterocycles. The first-order valence-electron chi connectivity index (χ1n) is 9.08. The van der Waals surface area contributed by atoms with Gasteiger partial charge in [-0.05, 0) is 45.2 Å². The van der Waals surface area contributed by atoms with Gasteiger partial charge in [-0.15, -0.1) is 0 Å². The summed E-state index contributed by atoms with van der Waals surface area (Å²) in [6.07, 6.45) is 5.86. The molecule has 1 unspecified atom stereocenters. The lowest BCUT2D eigenvalue weighted by Crippen LogP contribution is -2.67. The Kier molecular flexibility index (Phi) is 5.67. The predicted octanol–water partition coefficient (Wildman–Crippen LogP) is 5.39. The number of allylic oxidation sites excluding steroid dienone is 1. The molecular formula is C22H27BrOSi. The zero-order chi connectivity index (χ0) is 17.9. The van der Waals surface area contributed by atoms with Gasteiger partial charge in [0.2, 0.25) is 0 Å². The highest BCUT2D eigenvalue weighted by Crippen LogP contribution is 2.39. The fourth-order valence-electron chi connectivity index (χ4n) is 3.85. The molecule has 0 N–H and O–H groups in total. The van der Waals surface area contributed by atoms with Crippen LogP contribution in [0.5, 0.6) is 0 Å². The van der Waals surface area contributed by atoms with Gasteiger partial charge in [-0.2, -0.15) is 0 Å². The van der Waals surface area contributed by atoms with Crippen molar-refractivity contribution in [2.24, 2.45) is 0 Å². The second kappa shape index (κ2) is 7.61. The summed E-state index contributed by atoms with van der Waals surface area (Å²) in [6.45, 7) is 7.00. The molecule has 25 heavy (non-hydrogen) atoms. The monoisotopic (exact) mass is 414 g/mol. The van der Waals surface area contributed by atoms with Gasteiger partial charge in [0.25, 0.3) is 8.32 Å². The van der Waals surface area contributed by atoms with Crippen LogP contribution in [-0.2, 0) is 4.43 Å². The van der Waals surface area contributed by atoms with Crippen molar-refractivity contribution in [2.45, 2.75) is 51.2 Å². The van der Waals surface area contributed by atoms with E-state index in [2.05, 4.69) is 103 Å². The summed E-state index contributed by atoms with van der Waals surface area (Å²) < 4.78 is 8.40. The SMILES string of the molecule is CC(C)(C)[Si](OC1C=C(Br)CCC1)(c1ccccc1)c1ccccc1. The first-order valence-corrected chi connectivity index (χ1v) is 11.8. The molecule has 0 bridgehead atoms. The quantitative estimate of drug-likeness (QED) is 0.608. The molecule has 132 valence electrons. The minimum Gasteiger partial charge on any atom is -0.401 e. The van der Waals surface area contributed by atoms with E-state index >= 15 is 0 Å². The lowest BCUT2D eigenvalue weighted by Gasteiger charge is -2.45. The van der Waals surface area contributed by atoms with Crippen LogP contribution in [0.2, 0.25) is 5.04 Å². The fraction of sp³-hybridized carbons (Fsp3) is 0.364. The Morgan fingerprint density at radius 2 is 1.44 bits per heavy atom. The van der Waals surface area contributed by atoms with Crippen LogP contribution in [0.1, 0.15) is 40.0 Å². The second-order valence-electron chi connectivity index (χ2n) is 7.83. The first-order chi connectivity index (χ1) is 11.9. The molecule has 0 spiro atoms. The summed E-state index contributed by atoms with van der Waals surface area (Å²) >= 11 is 3.70. The van der Waals surface area contributed by atoms with Crippen LogP contribution in [0.3, 0.4) is 0 Å². The molecule has 0 amide bonds. The lowest BCUT2D eigenvalue weighted by molar-refractivity contribution is 0.214. The molecule has 1 aliphatic rings. The third-order valence-electron chi connectivity index (χ3n) is 5.02. The van der Waals surface area contributed by atoms with Gasteiger partial charge in [-0.3, -0.25) is 0 Å². The van der Waals surface area contributed by atoms with Crippen molar-refractivity contribution in [1.29, 1.82) is 0 Å². The Labute approximate surface area is 161 Å². The summed E-state index contributed by atoms with van der Waals surface area (Å²) in [4.78, 5) is 0. The molecular weight excluding hydrogens is 388 g/mol. The molecule has 0 heterocycles. The number of hydrogen-bond donors (Lipinski definition) is 0. The van der Waals surface area contributed by atoms with Gasteiger partial charge in [-0.1, -0.05) is 97.4 Å². The van der Waals surface area contributed by atoms with Gasteiger partial charge in [0.05, 0.1) is 6.10 Å². The zero-order valence-electron chi connectivity index (χ0n) is 15.3. The third-order valence-corrected chi connectivity index (χ3v) is 10.7. The van der Waals surface area contributed by atoms with E-state index in [0.717, 1.165) is 12.8 Å². The molecule has 2 aromatic rings. The Morgan fingerprint density at radius 1 is 0.920 bits per heavy atom. The molecule has 0 fully saturated rings. The van der Waals surface area contributed by atoms with Crippen molar-refractivity contribution in [2.75, 3.05) is 0 Å². The normalized spacial score (nSPS) is 18.7. The van der Waals surface area contributed by atoms with Crippen molar-refractivity contribution >= 4 is 34.6 Å². The molecule has 2 aromatic carbocycles. The number of halogens is 1. The maximum atomic E-state index is 7.12. The van der Waals surface area contributed by atoms with Crippen LogP contribution in [0.25, 0.3) is 0 Å². The summed E-state index contributed by atoms with van der Waals surface area (Å²) in [6, 6.07) is 21.8. The van der Waals surface area contributed by atoms with E-state index in [9.17, 15) is 0 Å². The molecule has 1 atom stereocenters. The van der Waals surface area contributed by atoms with Crippen LogP contribution in [0.15, 0.2) is 71.2 Å². The highest BCUT2D eigenvalue weighted by Gasteiger charge is 2.51. The number of rotatable bonds is 4. The molecule has 1 nitrogen and oxygen atoms in total. The summed E-state index contributed by atoms with van der Waals surface area (Å²) in [5.41, 5.74) is 0. The minimum absolute atomic E-state index is 0.0352. The highest BCUT2D eigenvalue weighted by molar-refractivity contribution is 9.11. The summed E-state index contributed by atoms with van der Waals surface area (Å²) in [5.74, 6) is 0. The Hall–Kier alpha value is -1.16.